The van der Waals surface area contributed by atoms with E-state index in [1.165, 1.54) is 5.56 Å². The third-order valence-corrected chi connectivity index (χ3v) is 3.41. The van der Waals surface area contributed by atoms with Crippen LogP contribution in [0.1, 0.15) is 26.3 Å². The maximum Gasteiger partial charge on any atom is 0.243 e. The molecule has 0 bridgehead atoms. The Morgan fingerprint density at radius 1 is 1.20 bits per heavy atom. The second kappa shape index (κ2) is 6.08. The number of nitrogens with zero attached hydrogens (tertiary/aromatic N) is 1. The van der Waals surface area contributed by atoms with Gasteiger partial charge < -0.3 is 9.64 Å². The fraction of sp³-hybridized carbons (Fsp3) is 0.625. The van der Waals surface area contributed by atoms with Crippen molar-refractivity contribution >= 4 is 0 Å². The molecule has 0 aromatic heterocycles. The van der Waals surface area contributed by atoms with E-state index in [1.54, 1.807) is 0 Å². The van der Waals surface area contributed by atoms with Crippen LogP contribution in [0, 0.1) is 5.92 Å². The van der Waals surface area contributed by atoms with Crippen LogP contribution in [0.3, 0.4) is 0 Å². The molecule has 0 radical (unpaired) electrons. The molecule has 1 aliphatic rings. The van der Waals surface area contributed by atoms with E-state index in [-0.39, 0.29) is 5.60 Å². The average molecular weight is 283 g/mol. The lowest BCUT2D eigenvalue weighted by atomic mass is 10.00. The van der Waals surface area contributed by atoms with E-state index in [0.29, 0.717) is 13.1 Å². The number of benzene rings is 1. The zero-order valence-electron chi connectivity index (χ0n) is 12.4. The van der Waals surface area contributed by atoms with Crippen LogP contribution in [0.25, 0.3) is 0 Å². The number of alkyl halides is 2. The first-order valence-corrected chi connectivity index (χ1v) is 7.12. The summed E-state index contributed by atoms with van der Waals surface area (Å²) in [5.74, 6) is 0.445. The summed E-state index contributed by atoms with van der Waals surface area (Å²) in [6.45, 7) is 7.97. The summed E-state index contributed by atoms with van der Waals surface area (Å²) in [5.41, 5.74) is 1.02. The molecular weight excluding hydrogens is 260 g/mol. The van der Waals surface area contributed by atoms with E-state index in [1.807, 2.05) is 45.0 Å². The average Bonchev–Trinajstić information content (AvgIpc) is 2.26. The quantitative estimate of drug-likeness (QED) is 0.818. The molecule has 20 heavy (non-hydrogen) atoms. The summed E-state index contributed by atoms with van der Waals surface area (Å²) in [6.07, 6.45) is -1.27. The topological polar surface area (TPSA) is 12.5 Å². The molecular formula is C16H23F2NO. The highest BCUT2D eigenvalue weighted by atomic mass is 19.3. The van der Waals surface area contributed by atoms with Gasteiger partial charge in [-0.1, -0.05) is 12.1 Å². The predicted molar refractivity (Wildman–Crippen MR) is 76.5 cm³/mol. The Bertz CT molecular complexity index is 419. The number of ether oxygens (including phenoxy) is 1. The third-order valence-electron chi connectivity index (χ3n) is 3.41. The Morgan fingerprint density at radius 2 is 1.80 bits per heavy atom. The molecule has 1 heterocycles. The Morgan fingerprint density at radius 3 is 2.30 bits per heavy atom. The molecule has 0 saturated carbocycles. The Kier molecular flexibility index (Phi) is 4.63. The van der Waals surface area contributed by atoms with Crippen LogP contribution in [-0.4, -0.2) is 36.6 Å². The van der Waals surface area contributed by atoms with Gasteiger partial charge in [-0.2, -0.15) is 0 Å². The van der Waals surface area contributed by atoms with Crippen molar-refractivity contribution in [2.45, 2.75) is 39.2 Å². The Hall–Kier alpha value is -1.16. The van der Waals surface area contributed by atoms with Gasteiger partial charge in [-0.3, -0.25) is 0 Å². The second-order valence-corrected chi connectivity index (χ2v) is 6.46. The van der Waals surface area contributed by atoms with Crippen molar-refractivity contribution in [2.24, 2.45) is 5.92 Å². The van der Waals surface area contributed by atoms with Gasteiger partial charge in [0.25, 0.3) is 0 Å². The minimum absolute atomic E-state index is 0.191. The monoisotopic (exact) mass is 283 g/mol. The summed E-state index contributed by atoms with van der Waals surface area (Å²) in [7, 11) is 0. The van der Waals surface area contributed by atoms with Gasteiger partial charge in [0.05, 0.1) is 0 Å². The highest BCUT2D eigenvalue weighted by Crippen LogP contribution is 2.23. The van der Waals surface area contributed by atoms with Gasteiger partial charge in [0, 0.05) is 25.6 Å². The Balaban J connectivity index is 1.75. The van der Waals surface area contributed by atoms with Gasteiger partial charge in [-0.15, -0.1) is 0 Å². The smallest absolute Gasteiger partial charge is 0.243 e. The van der Waals surface area contributed by atoms with Crippen LogP contribution >= 0.6 is 0 Å². The molecule has 2 rings (SSSR count). The molecule has 0 aliphatic carbocycles. The molecule has 0 atom stereocenters. The third kappa shape index (κ3) is 4.44. The standard InChI is InChI=1S/C16H23F2NO/c1-16(2,3)20-14-6-4-12(5-7-14)8-9-19-10-13(11-19)15(17)18/h4-7,13,15H,8-11H2,1-3H3. The zero-order valence-corrected chi connectivity index (χ0v) is 12.4. The van der Waals surface area contributed by atoms with Crippen molar-refractivity contribution in [3.8, 4) is 5.75 Å². The summed E-state index contributed by atoms with van der Waals surface area (Å²) in [4.78, 5) is 2.08. The van der Waals surface area contributed by atoms with Gasteiger partial charge in [0.2, 0.25) is 6.43 Å². The SMILES string of the molecule is CC(C)(C)Oc1ccc(CCN2CC(C(F)F)C2)cc1. The van der Waals surface area contributed by atoms with Crippen molar-refractivity contribution in [3.05, 3.63) is 29.8 Å². The van der Waals surface area contributed by atoms with Crippen LogP contribution in [0.4, 0.5) is 8.78 Å². The Labute approximate surface area is 119 Å². The normalized spacial score (nSPS) is 17.3. The van der Waals surface area contributed by atoms with Gasteiger partial charge >= 0.3 is 0 Å². The molecule has 1 aromatic rings. The van der Waals surface area contributed by atoms with Crippen molar-refractivity contribution in [2.75, 3.05) is 19.6 Å². The van der Waals surface area contributed by atoms with Crippen LogP contribution in [0.15, 0.2) is 24.3 Å². The van der Waals surface area contributed by atoms with Crippen LogP contribution in [-0.2, 0) is 6.42 Å². The highest BCUT2D eigenvalue weighted by Gasteiger charge is 2.33. The number of rotatable bonds is 5. The van der Waals surface area contributed by atoms with Crippen molar-refractivity contribution < 1.29 is 13.5 Å². The maximum atomic E-state index is 12.4. The molecule has 1 fully saturated rings. The van der Waals surface area contributed by atoms with E-state index in [4.69, 9.17) is 4.74 Å². The lowest BCUT2D eigenvalue weighted by Gasteiger charge is -2.38. The first-order chi connectivity index (χ1) is 9.33. The summed E-state index contributed by atoms with van der Waals surface area (Å²) < 4.78 is 30.5. The molecule has 1 aliphatic heterocycles. The molecule has 0 spiro atoms. The molecule has 0 amide bonds. The fourth-order valence-corrected chi connectivity index (χ4v) is 2.32. The van der Waals surface area contributed by atoms with Crippen molar-refractivity contribution in [1.29, 1.82) is 0 Å². The molecule has 1 saturated heterocycles. The van der Waals surface area contributed by atoms with Crippen LogP contribution < -0.4 is 4.74 Å². The summed E-state index contributed by atoms with van der Waals surface area (Å²) in [5, 5.41) is 0. The van der Waals surface area contributed by atoms with E-state index in [2.05, 4.69) is 4.90 Å². The molecule has 0 N–H and O–H groups in total. The zero-order chi connectivity index (χ0) is 14.8. The minimum atomic E-state index is -2.17. The minimum Gasteiger partial charge on any atom is -0.488 e. The van der Waals surface area contributed by atoms with Gasteiger partial charge in [0.15, 0.2) is 0 Å². The lowest BCUT2D eigenvalue weighted by Crippen LogP contribution is -2.50. The number of hydrogen-bond donors (Lipinski definition) is 0. The van der Waals surface area contributed by atoms with Gasteiger partial charge in [-0.25, -0.2) is 8.78 Å². The molecule has 4 heteroatoms. The number of likely N-dealkylation sites (tertiary alicyclic amines) is 1. The lowest BCUT2D eigenvalue weighted by molar-refractivity contribution is -0.0233. The largest absolute Gasteiger partial charge is 0.488 e. The van der Waals surface area contributed by atoms with Crippen molar-refractivity contribution in [1.82, 2.24) is 4.90 Å². The van der Waals surface area contributed by atoms with Crippen molar-refractivity contribution in [3.63, 3.8) is 0 Å². The predicted octanol–water partition coefficient (Wildman–Crippen LogP) is 3.60. The number of halogens is 2. The molecule has 0 unspecified atom stereocenters. The van der Waals surface area contributed by atoms with Crippen LogP contribution in [0.2, 0.25) is 0 Å². The van der Waals surface area contributed by atoms with E-state index >= 15 is 0 Å². The molecule has 2 nitrogen and oxygen atoms in total. The summed E-state index contributed by atoms with van der Waals surface area (Å²) >= 11 is 0. The summed E-state index contributed by atoms with van der Waals surface area (Å²) in [6, 6.07) is 8.04. The van der Waals surface area contributed by atoms with E-state index < -0.39 is 12.3 Å². The maximum absolute atomic E-state index is 12.4. The van der Waals surface area contributed by atoms with Gasteiger partial charge in [-0.05, 0) is 44.9 Å². The molecule has 112 valence electrons. The van der Waals surface area contributed by atoms with Crippen LogP contribution in [0.5, 0.6) is 5.75 Å². The first kappa shape index (κ1) is 15.2. The first-order valence-electron chi connectivity index (χ1n) is 7.12. The van der Waals surface area contributed by atoms with Gasteiger partial charge in [0.1, 0.15) is 11.4 Å². The number of hydrogen-bond acceptors (Lipinski definition) is 2. The second-order valence-electron chi connectivity index (χ2n) is 6.46. The highest BCUT2D eigenvalue weighted by molar-refractivity contribution is 5.28. The van der Waals surface area contributed by atoms with E-state index in [0.717, 1.165) is 18.7 Å². The molecule has 1 aromatic carbocycles. The van der Waals surface area contributed by atoms with E-state index in [9.17, 15) is 8.78 Å². The fourth-order valence-electron chi connectivity index (χ4n) is 2.32.